The highest BCUT2D eigenvalue weighted by molar-refractivity contribution is 6.34. The summed E-state index contributed by atoms with van der Waals surface area (Å²) >= 11 is 6.31. The highest BCUT2D eigenvalue weighted by Crippen LogP contribution is 2.33. The maximum Gasteiger partial charge on any atom is 0.284 e. The Hall–Kier alpha value is -2.96. The van der Waals surface area contributed by atoms with E-state index in [1.165, 1.54) is 0 Å². The largest absolute Gasteiger partial charge is 0.373 e. The van der Waals surface area contributed by atoms with Gasteiger partial charge in [-0.05, 0) is 18.2 Å². The van der Waals surface area contributed by atoms with Crippen molar-refractivity contribution in [3.63, 3.8) is 0 Å². The summed E-state index contributed by atoms with van der Waals surface area (Å²) in [5.74, 6) is 0.525. The third-order valence-corrected chi connectivity index (χ3v) is 5.50. The van der Waals surface area contributed by atoms with E-state index in [0.29, 0.717) is 23.1 Å². The van der Waals surface area contributed by atoms with E-state index >= 15 is 0 Å². The number of fused-ring (bicyclic) bond motifs is 3. The van der Waals surface area contributed by atoms with E-state index in [0.717, 1.165) is 48.7 Å². The maximum absolute atomic E-state index is 13.3. The summed E-state index contributed by atoms with van der Waals surface area (Å²) in [4.78, 5) is 26.6. The number of amidine groups is 1. The second kappa shape index (κ2) is 7.46. The molecular formula is C22H20ClN5O. The minimum Gasteiger partial charge on any atom is -0.373 e. The van der Waals surface area contributed by atoms with Gasteiger partial charge in [-0.15, -0.1) is 0 Å². The van der Waals surface area contributed by atoms with Crippen molar-refractivity contribution in [1.29, 1.82) is 0 Å². The SMILES string of the molecule is O=C1/C(=C/N2CCNCC2)N=C2CN=C(c3ccccc3)c3cc(Cl)ccc3N12. The van der Waals surface area contributed by atoms with Gasteiger partial charge in [0.25, 0.3) is 5.91 Å². The monoisotopic (exact) mass is 405 g/mol. The number of piperazine rings is 1. The van der Waals surface area contributed by atoms with E-state index in [1.807, 2.05) is 48.7 Å². The quantitative estimate of drug-likeness (QED) is 0.781. The molecule has 0 radical (unpaired) electrons. The summed E-state index contributed by atoms with van der Waals surface area (Å²) in [6.45, 7) is 3.88. The highest BCUT2D eigenvalue weighted by atomic mass is 35.5. The van der Waals surface area contributed by atoms with Crippen LogP contribution in [0.4, 0.5) is 5.69 Å². The molecule has 1 saturated heterocycles. The lowest BCUT2D eigenvalue weighted by atomic mass is 10.00. The molecule has 3 aliphatic rings. The second-order valence-corrected chi connectivity index (χ2v) is 7.60. The van der Waals surface area contributed by atoms with Crippen LogP contribution in [0.3, 0.4) is 0 Å². The topological polar surface area (TPSA) is 60.3 Å². The van der Waals surface area contributed by atoms with Crippen molar-refractivity contribution in [3.8, 4) is 0 Å². The number of benzene rings is 2. The van der Waals surface area contributed by atoms with Crippen LogP contribution < -0.4 is 10.2 Å². The molecule has 1 fully saturated rings. The Labute approximate surface area is 174 Å². The molecule has 1 amide bonds. The third kappa shape index (κ3) is 3.34. The standard InChI is InChI=1S/C22H20ClN5O/c23-16-6-7-19-17(12-16)21(15-4-2-1-3-5-15)25-13-20-26-18(22(29)28(19)20)14-27-10-8-24-9-11-27/h1-7,12,14,24H,8-11,13H2/b18-14-. The molecule has 7 heteroatoms. The zero-order valence-corrected chi connectivity index (χ0v) is 16.6. The van der Waals surface area contributed by atoms with E-state index in [2.05, 4.69) is 15.2 Å². The van der Waals surface area contributed by atoms with Gasteiger partial charge in [-0.3, -0.25) is 14.7 Å². The van der Waals surface area contributed by atoms with Crippen LogP contribution in [-0.2, 0) is 4.79 Å². The highest BCUT2D eigenvalue weighted by Gasteiger charge is 2.35. The normalized spacial score (nSPS) is 20.2. The number of rotatable bonds is 2. The molecule has 6 nitrogen and oxygen atoms in total. The minimum absolute atomic E-state index is 0.119. The zero-order chi connectivity index (χ0) is 19.8. The first kappa shape index (κ1) is 18.1. The van der Waals surface area contributed by atoms with Crippen molar-refractivity contribution >= 4 is 34.7 Å². The van der Waals surface area contributed by atoms with Crippen LogP contribution in [-0.4, -0.2) is 55.1 Å². The van der Waals surface area contributed by atoms with Gasteiger partial charge in [-0.25, -0.2) is 4.99 Å². The summed E-state index contributed by atoms with van der Waals surface area (Å²) < 4.78 is 0. The molecule has 3 heterocycles. The van der Waals surface area contributed by atoms with Crippen molar-refractivity contribution in [3.05, 3.63) is 76.6 Å². The van der Waals surface area contributed by atoms with Crippen LogP contribution >= 0.6 is 11.6 Å². The van der Waals surface area contributed by atoms with Crippen molar-refractivity contribution in [2.45, 2.75) is 0 Å². The number of carbonyl (C=O) groups is 1. The van der Waals surface area contributed by atoms with Gasteiger partial charge in [0.05, 0.1) is 17.9 Å². The van der Waals surface area contributed by atoms with E-state index < -0.39 is 0 Å². The Morgan fingerprint density at radius 2 is 1.86 bits per heavy atom. The molecule has 2 aromatic rings. The molecule has 29 heavy (non-hydrogen) atoms. The lowest BCUT2D eigenvalue weighted by Crippen LogP contribution is -2.41. The van der Waals surface area contributed by atoms with Gasteiger partial charge in [0, 0.05) is 48.5 Å². The lowest BCUT2D eigenvalue weighted by Gasteiger charge is -2.26. The first-order valence-electron chi connectivity index (χ1n) is 9.69. The Balaban J connectivity index is 1.59. The van der Waals surface area contributed by atoms with Crippen LogP contribution in [0.25, 0.3) is 0 Å². The molecule has 1 N–H and O–H groups in total. The van der Waals surface area contributed by atoms with Gasteiger partial charge >= 0.3 is 0 Å². The summed E-state index contributed by atoms with van der Waals surface area (Å²) in [6.07, 6.45) is 1.88. The molecule has 3 aliphatic heterocycles. The number of halogens is 1. The van der Waals surface area contributed by atoms with Crippen molar-refractivity contribution in [1.82, 2.24) is 10.2 Å². The molecule has 0 unspecified atom stereocenters. The molecule has 0 aliphatic carbocycles. The number of carbonyl (C=O) groups excluding carboxylic acids is 1. The Morgan fingerprint density at radius 1 is 1.07 bits per heavy atom. The predicted octanol–water partition coefficient (Wildman–Crippen LogP) is 2.68. The average Bonchev–Trinajstić information content (AvgIpc) is 2.96. The molecule has 5 rings (SSSR count). The van der Waals surface area contributed by atoms with Crippen LogP contribution in [0.2, 0.25) is 5.02 Å². The van der Waals surface area contributed by atoms with Gasteiger partial charge < -0.3 is 10.2 Å². The van der Waals surface area contributed by atoms with Gasteiger partial charge in [0.1, 0.15) is 11.5 Å². The fourth-order valence-electron chi connectivity index (χ4n) is 3.86. The van der Waals surface area contributed by atoms with Gasteiger partial charge in [0.2, 0.25) is 0 Å². The molecule has 0 bridgehead atoms. The summed E-state index contributed by atoms with van der Waals surface area (Å²) in [6, 6.07) is 15.5. The number of hydrogen-bond acceptors (Lipinski definition) is 5. The van der Waals surface area contributed by atoms with Crippen LogP contribution in [0, 0.1) is 0 Å². The van der Waals surface area contributed by atoms with Crippen LogP contribution in [0.5, 0.6) is 0 Å². The summed E-state index contributed by atoms with van der Waals surface area (Å²) in [7, 11) is 0. The van der Waals surface area contributed by atoms with E-state index in [9.17, 15) is 4.79 Å². The van der Waals surface area contributed by atoms with Gasteiger partial charge in [0.15, 0.2) is 0 Å². The van der Waals surface area contributed by atoms with Crippen LogP contribution in [0.15, 0.2) is 70.4 Å². The van der Waals surface area contributed by atoms with Gasteiger partial charge in [-0.1, -0.05) is 41.9 Å². The number of aliphatic imine (C=N–C) groups is 2. The van der Waals surface area contributed by atoms with Crippen molar-refractivity contribution in [2.24, 2.45) is 9.98 Å². The summed E-state index contributed by atoms with van der Waals surface area (Å²) in [5.41, 5.74) is 3.87. The smallest absolute Gasteiger partial charge is 0.284 e. The Bertz CT molecular complexity index is 1050. The molecule has 0 aromatic heterocycles. The molecule has 146 valence electrons. The molecular weight excluding hydrogens is 386 g/mol. The second-order valence-electron chi connectivity index (χ2n) is 7.16. The molecule has 0 spiro atoms. The first-order valence-corrected chi connectivity index (χ1v) is 10.1. The number of hydrogen-bond donors (Lipinski definition) is 1. The van der Waals surface area contributed by atoms with Crippen molar-refractivity contribution < 1.29 is 4.79 Å². The number of amides is 1. The predicted molar refractivity (Wildman–Crippen MR) is 116 cm³/mol. The number of anilines is 1. The number of nitrogens with one attached hydrogen (secondary N) is 1. The Morgan fingerprint density at radius 3 is 2.66 bits per heavy atom. The lowest BCUT2D eigenvalue weighted by molar-refractivity contribution is -0.114. The molecule has 2 aromatic carbocycles. The third-order valence-electron chi connectivity index (χ3n) is 5.27. The van der Waals surface area contributed by atoms with Crippen molar-refractivity contribution in [2.75, 3.05) is 37.6 Å². The minimum atomic E-state index is -0.119. The van der Waals surface area contributed by atoms with E-state index in [1.54, 1.807) is 11.0 Å². The first-order chi connectivity index (χ1) is 14.2. The average molecular weight is 406 g/mol. The fourth-order valence-corrected chi connectivity index (χ4v) is 4.03. The zero-order valence-electron chi connectivity index (χ0n) is 15.8. The Kier molecular flexibility index (Phi) is 4.66. The maximum atomic E-state index is 13.3. The molecule has 0 atom stereocenters. The van der Waals surface area contributed by atoms with Crippen LogP contribution in [0.1, 0.15) is 11.1 Å². The number of nitrogens with zero attached hydrogens (tertiary/aromatic N) is 4. The summed E-state index contributed by atoms with van der Waals surface area (Å²) in [5, 5.41) is 3.92. The fraction of sp³-hybridized carbons (Fsp3) is 0.227. The van der Waals surface area contributed by atoms with E-state index in [4.69, 9.17) is 16.6 Å². The van der Waals surface area contributed by atoms with E-state index in [-0.39, 0.29) is 5.91 Å². The molecule has 0 saturated carbocycles. The van der Waals surface area contributed by atoms with Gasteiger partial charge in [-0.2, -0.15) is 0 Å².